The number of amides is 1. The Hall–Kier alpha value is -1.34. The van der Waals surface area contributed by atoms with Crippen LogP contribution in [0.1, 0.15) is 17.0 Å². The molecule has 1 aliphatic rings. The highest BCUT2D eigenvalue weighted by molar-refractivity contribution is 14.0. The highest BCUT2D eigenvalue weighted by atomic mass is 127. The molecule has 1 aliphatic heterocycles. The van der Waals surface area contributed by atoms with E-state index in [0.717, 1.165) is 12.2 Å². The summed E-state index contributed by atoms with van der Waals surface area (Å²) in [5, 5.41) is 3.22. The van der Waals surface area contributed by atoms with Gasteiger partial charge in [-0.05, 0) is 18.6 Å². The Morgan fingerprint density at radius 1 is 1.23 bits per heavy atom. The van der Waals surface area contributed by atoms with Gasteiger partial charge in [-0.3, -0.25) is 9.79 Å². The van der Waals surface area contributed by atoms with E-state index < -0.39 is 10.0 Å². The SMILES string of the molecule is CN=C(NCCCNS(C)(=O)=O)N1CCN(C(=O)c2ccco2)CC1.I. The van der Waals surface area contributed by atoms with Crippen LogP contribution < -0.4 is 10.0 Å². The summed E-state index contributed by atoms with van der Waals surface area (Å²) in [6.07, 6.45) is 3.29. The lowest BCUT2D eigenvalue weighted by molar-refractivity contribution is 0.0657. The predicted molar refractivity (Wildman–Crippen MR) is 110 cm³/mol. The van der Waals surface area contributed by atoms with E-state index in [0.29, 0.717) is 51.4 Å². The molecule has 0 unspecified atom stereocenters. The number of carbonyl (C=O) groups is 1. The maximum absolute atomic E-state index is 12.2. The second kappa shape index (κ2) is 10.7. The van der Waals surface area contributed by atoms with Gasteiger partial charge in [-0.1, -0.05) is 0 Å². The summed E-state index contributed by atoms with van der Waals surface area (Å²) in [5.41, 5.74) is 0. The summed E-state index contributed by atoms with van der Waals surface area (Å²) < 4.78 is 29.6. The number of nitrogens with one attached hydrogen (secondary N) is 2. The van der Waals surface area contributed by atoms with Crippen LogP contribution in [-0.2, 0) is 10.0 Å². The van der Waals surface area contributed by atoms with Crippen molar-refractivity contribution >= 4 is 45.9 Å². The van der Waals surface area contributed by atoms with Gasteiger partial charge in [0.05, 0.1) is 12.5 Å². The molecule has 26 heavy (non-hydrogen) atoms. The number of furan rings is 1. The summed E-state index contributed by atoms with van der Waals surface area (Å²) in [4.78, 5) is 20.3. The summed E-state index contributed by atoms with van der Waals surface area (Å²) in [5.74, 6) is 1.01. The van der Waals surface area contributed by atoms with Crippen molar-refractivity contribution in [2.45, 2.75) is 6.42 Å². The zero-order valence-corrected chi connectivity index (χ0v) is 18.1. The first-order valence-electron chi connectivity index (χ1n) is 8.14. The lowest BCUT2D eigenvalue weighted by Gasteiger charge is -2.36. The van der Waals surface area contributed by atoms with Crippen molar-refractivity contribution in [1.29, 1.82) is 0 Å². The third-order valence-electron chi connectivity index (χ3n) is 3.81. The van der Waals surface area contributed by atoms with Gasteiger partial charge in [0, 0.05) is 46.3 Å². The quantitative estimate of drug-likeness (QED) is 0.250. The smallest absolute Gasteiger partial charge is 0.289 e. The Labute approximate surface area is 171 Å². The van der Waals surface area contributed by atoms with Gasteiger partial charge < -0.3 is 19.5 Å². The number of rotatable bonds is 6. The number of carbonyl (C=O) groups excluding carboxylic acids is 1. The fourth-order valence-corrected chi connectivity index (χ4v) is 3.07. The summed E-state index contributed by atoms with van der Waals surface area (Å²) >= 11 is 0. The Morgan fingerprint density at radius 3 is 2.42 bits per heavy atom. The molecule has 0 saturated carbocycles. The van der Waals surface area contributed by atoms with Crippen molar-refractivity contribution < 1.29 is 17.6 Å². The van der Waals surface area contributed by atoms with Crippen LogP contribution >= 0.6 is 24.0 Å². The van der Waals surface area contributed by atoms with Crippen molar-refractivity contribution in [2.24, 2.45) is 4.99 Å². The number of aliphatic imine (C=N–C) groups is 1. The van der Waals surface area contributed by atoms with E-state index in [9.17, 15) is 13.2 Å². The molecular formula is C15H26IN5O4S. The number of guanidine groups is 1. The molecule has 0 aliphatic carbocycles. The van der Waals surface area contributed by atoms with Gasteiger partial charge in [0.15, 0.2) is 11.7 Å². The number of hydrogen-bond donors (Lipinski definition) is 2. The van der Waals surface area contributed by atoms with E-state index >= 15 is 0 Å². The van der Waals surface area contributed by atoms with Gasteiger partial charge in [-0.2, -0.15) is 0 Å². The van der Waals surface area contributed by atoms with Crippen LogP contribution in [0, 0.1) is 0 Å². The Balaban J connectivity index is 0.00000338. The van der Waals surface area contributed by atoms with Crippen molar-refractivity contribution in [3.8, 4) is 0 Å². The highest BCUT2D eigenvalue weighted by Crippen LogP contribution is 2.09. The molecule has 1 amide bonds. The topological polar surface area (TPSA) is 107 Å². The van der Waals surface area contributed by atoms with Gasteiger partial charge in [-0.15, -0.1) is 24.0 Å². The largest absolute Gasteiger partial charge is 0.459 e. The van der Waals surface area contributed by atoms with E-state index in [1.54, 1.807) is 24.1 Å². The molecule has 0 atom stereocenters. The van der Waals surface area contributed by atoms with Crippen molar-refractivity contribution in [3.05, 3.63) is 24.2 Å². The number of nitrogens with zero attached hydrogens (tertiary/aromatic N) is 3. The summed E-state index contributed by atoms with van der Waals surface area (Å²) in [6.45, 7) is 3.53. The average molecular weight is 499 g/mol. The Kier molecular flexibility index (Phi) is 9.36. The van der Waals surface area contributed by atoms with Crippen molar-refractivity contribution in [2.75, 3.05) is 52.6 Å². The average Bonchev–Trinajstić information content (AvgIpc) is 3.11. The van der Waals surface area contributed by atoms with E-state index in [1.807, 2.05) is 0 Å². The van der Waals surface area contributed by atoms with Gasteiger partial charge in [0.1, 0.15) is 0 Å². The van der Waals surface area contributed by atoms with Crippen molar-refractivity contribution in [3.63, 3.8) is 0 Å². The maximum Gasteiger partial charge on any atom is 0.289 e. The molecule has 1 fully saturated rings. The van der Waals surface area contributed by atoms with Gasteiger partial charge in [0.25, 0.3) is 5.91 Å². The molecule has 2 heterocycles. The highest BCUT2D eigenvalue weighted by Gasteiger charge is 2.24. The minimum absolute atomic E-state index is 0. The van der Waals surface area contributed by atoms with Crippen LogP contribution in [0.15, 0.2) is 27.8 Å². The van der Waals surface area contributed by atoms with Crippen molar-refractivity contribution in [1.82, 2.24) is 19.8 Å². The van der Waals surface area contributed by atoms with Crippen LogP contribution in [-0.4, -0.2) is 82.7 Å². The first kappa shape index (κ1) is 22.7. The minimum Gasteiger partial charge on any atom is -0.459 e. The van der Waals surface area contributed by atoms with Gasteiger partial charge in [0.2, 0.25) is 10.0 Å². The third-order valence-corrected chi connectivity index (χ3v) is 4.54. The van der Waals surface area contributed by atoms with E-state index in [-0.39, 0.29) is 29.9 Å². The fraction of sp³-hybridized carbons (Fsp3) is 0.600. The van der Waals surface area contributed by atoms with Crippen LogP contribution in [0.4, 0.5) is 0 Å². The first-order chi connectivity index (χ1) is 11.9. The van der Waals surface area contributed by atoms with Gasteiger partial charge >= 0.3 is 0 Å². The lowest BCUT2D eigenvalue weighted by Crippen LogP contribution is -2.53. The second-order valence-corrected chi connectivity index (χ2v) is 7.58. The zero-order valence-electron chi connectivity index (χ0n) is 15.0. The number of sulfonamides is 1. The van der Waals surface area contributed by atoms with Gasteiger partial charge in [-0.25, -0.2) is 13.1 Å². The number of halogens is 1. The van der Waals surface area contributed by atoms with E-state index in [4.69, 9.17) is 4.42 Å². The zero-order chi connectivity index (χ0) is 18.3. The molecule has 1 aromatic heterocycles. The van der Waals surface area contributed by atoms with Crippen LogP contribution in [0.3, 0.4) is 0 Å². The van der Waals surface area contributed by atoms with Crippen LogP contribution in [0.25, 0.3) is 0 Å². The maximum atomic E-state index is 12.2. The second-order valence-electron chi connectivity index (χ2n) is 5.75. The number of hydrogen-bond acceptors (Lipinski definition) is 5. The molecule has 0 aromatic carbocycles. The summed E-state index contributed by atoms with van der Waals surface area (Å²) in [6, 6.07) is 3.37. The third kappa shape index (κ3) is 7.11. The molecule has 11 heteroatoms. The molecule has 2 N–H and O–H groups in total. The lowest BCUT2D eigenvalue weighted by atomic mass is 10.3. The fourth-order valence-electron chi connectivity index (χ4n) is 2.56. The molecular weight excluding hydrogens is 473 g/mol. The molecule has 1 saturated heterocycles. The van der Waals surface area contributed by atoms with Crippen LogP contribution in [0.5, 0.6) is 0 Å². The normalized spacial score (nSPS) is 15.5. The molecule has 0 spiro atoms. The Morgan fingerprint density at radius 2 is 1.88 bits per heavy atom. The molecule has 148 valence electrons. The molecule has 2 rings (SSSR count). The molecule has 0 radical (unpaired) electrons. The summed E-state index contributed by atoms with van der Waals surface area (Å²) in [7, 11) is -1.44. The van der Waals surface area contributed by atoms with E-state index in [2.05, 4.69) is 19.9 Å². The number of piperazine rings is 1. The standard InChI is InChI=1S/C15H25N5O4S.HI/c1-16-15(17-6-4-7-18-25(2,22)23)20-10-8-19(9-11-20)14(21)13-5-3-12-24-13;/h3,5,12,18H,4,6-11H2,1-2H3,(H,16,17);1H. The molecule has 9 nitrogen and oxygen atoms in total. The minimum atomic E-state index is -3.15. The van der Waals surface area contributed by atoms with E-state index in [1.165, 1.54) is 6.26 Å². The van der Waals surface area contributed by atoms with Crippen LogP contribution in [0.2, 0.25) is 0 Å². The predicted octanol–water partition coefficient (Wildman–Crippen LogP) is 0.170. The molecule has 1 aromatic rings. The molecule has 0 bridgehead atoms. The Bertz CT molecular complexity index is 685. The monoisotopic (exact) mass is 499 g/mol. The first-order valence-corrected chi connectivity index (χ1v) is 10.0.